The average Bonchev–Trinajstić information content (AvgIpc) is 1.67. The number of carbonyl (C=O) groups excluding carboxylic acids is 1. The summed E-state index contributed by atoms with van der Waals surface area (Å²) in [4.78, 5) is 12.0. The van der Waals surface area contributed by atoms with Gasteiger partial charge in [0, 0.05) is 24.9 Å². The molecule has 5 heteroatoms. The molecule has 3 nitrogen and oxygen atoms in total. The van der Waals surface area contributed by atoms with Gasteiger partial charge < -0.3 is 4.90 Å². The zero-order valence-corrected chi connectivity index (χ0v) is 6.38. The second-order valence-electron chi connectivity index (χ2n) is 1.34. The maximum atomic E-state index is 10.5. The molecular formula is C3H8N2OS2. The minimum atomic E-state index is -0.0301. The molecule has 0 unspecified atom stereocenters. The van der Waals surface area contributed by atoms with Gasteiger partial charge in [0.1, 0.15) is 0 Å². The van der Waals surface area contributed by atoms with Gasteiger partial charge in [0.05, 0.1) is 0 Å². The van der Waals surface area contributed by atoms with Gasteiger partial charge in [0.2, 0.25) is 0 Å². The third-order valence-electron chi connectivity index (χ3n) is 0.485. The Hall–Kier alpha value is 0.130. The van der Waals surface area contributed by atoms with Crippen LogP contribution >= 0.6 is 21.8 Å². The summed E-state index contributed by atoms with van der Waals surface area (Å²) in [7, 11) is 5.36. The average molecular weight is 152 g/mol. The van der Waals surface area contributed by atoms with Crippen LogP contribution < -0.4 is 5.14 Å². The molecule has 2 N–H and O–H groups in total. The Balaban J connectivity index is 3.33. The molecule has 0 atom stereocenters. The van der Waals surface area contributed by atoms with E-state index >= 15 is 0 Å². The van der Waals surface area contributed by atoms with Crippen molar-refractivity contribution in [3.63, 3.8) is 0 Å². The monoisotopic (exact) mass is 152 g/mol. The third-order valence-corrected chi connectivity index (χ3v) is 1.80. The van der Waals surface area contributed by atoms with E-state index in [0.717, 1.165) is 21.8 Å². The summed E-state index contributed by atoms with van der Waals surface area (Å²) in [6, 6.07) is 0. The van der Waals surface area contributed by atoms with E-state index in [2.05, 4.69) is 0 Å². The fourth-order valence-electron chi connectivity index (χ4n) is 0.116. The van der Waals surface area contributed by atoms with Gasteiger partial charge in [-0.2, -0.15) is 0 Å². The second kappa shape index (κ2) is 4.05. The number of hydrogen-bond donors (Lipinski definition) is 1. The van der Waals surface area contributed by atoms with E-state index in [1.54, 1.807) is 14.1 Å². The molecule has 0 saturated carbocycles. The van der Waals surface area contributed by atoms with E-state index in [1.807, 2.05) is 0 Å². The first kappa shape index (κ1) is 8.13. The van der Waals surface area contributed by atoms with Crippen molar-refractivity contribution in [3.05, 3.63) is 0 Å². The van der Waals surface area contributed by atoms with E-state index < -0.39 is 0 Å². The Morgan fingerprint density at radius 3 is 2.25 bits per heavy atom. The molecule has 0 aliphatic rings. The molecule has 0 rings (SSSR count). The minimum Gasteiger partial charge on any atom is -0.339 e. The van der Waals surface area contributed by atoms with Crippen LogP contribution in [0.15, 0.2) is 0 Å². The normalized spacial score (nSPS) is 8.88. The summed E-state index contributed by atoms with van der Waals surface area (Å²) in [6.45, 7) is 0. The van der Waals surface area contributed by atoms with Crippen molar-refractivity contribution in [2.24, 2.45) is 5.14 Å². The number of nitrogens with zero attached hydrogens (tertiary/aromatic N) is 1. The van der Waals surface area contributed by atoms with Crippen LogP contribution in [0.1, 0.15) is 0 Å². The first-order valence-electron chi connectivity index (χ1n) is 1.93. The number of carbonyl (C=O) groups is 1. The zero-order valence-electron chi connectivity index (χ0n) is 4.75. The largest absolute Gasteiger partial charge is 0.339 e. The molecule has 0 saturated heterocycles. The summed E-state index contributed by atoms with van der Waals surface area (Å²) < 4.78 is 0. The van der Waals surface area contributed by atoms with Crippen LogP contribution in [-0.4, -0.2) is 24.2 Å². The van der Waals surface area contributed by atoms with Gasteiger partial charge in [-0.1, -0.05) is 0 Å². The van der Waals surface area contributed by atoms with Crippen molar-refractivity contribution in [2.75, 3.05) is 14.1 Å². The summed E-state index contributed by atoms with van der Waals surface area (Å²) in [5.74, 6) is 0. The van der Waals surface area contributed by atoms with Crippen molar-refractivity contribution in [3.8, 4) is 0 Å². The molecule has 1 amide bonds. The Morgan fingerprint density at radius 2 is 2.12 bits per heavy atom. The number of hydrogen-bond acceptors (Lipinski definition) is 4. The van der Waals surface area contributed by atoms with Crippen LogP contribution in [0.4, 0.5) is 4.79 Å². The Morgan fingerprint density at radius 1 is 1.62 bits per heavy atom. The molecule has 8 heavy (non-hydrogen) atoms. The van der Waals surface area contributed by atoms with E-state index in [9.17, 15) is 4.79 Å². The smallest absolute Gasteiger partial charge is 0.292 e. The highest BCUT2D eigenvalue weighted by Crippen LogP contribution is 2.15. The molecule has 0 bridgehead atoms. The highest BCUT2D eigenvalue weighted by molar-refractivity contribution is 8.81. The number of rotatable bonds is 1. The van der Waals surface area contributed by atoms with E-state index in [0.29, 0.717) is 0 Å². The molecule has 0 aliphatic carbocycles. The molecule has 0 aromatic carbocycles. The lowest BCUT2D eigenvalue weighted by Crippen LogP contribution is -2.15. The van der Waals surface area contributed by atoms with Crippen LogP contribution in [0.3, 0.4) is 0 Å². The van der Waals surface area contributed by atoms with Gasteiger partial charge in [-0.05, 0) is 11.0 Å². The van der Waals surface area contributed by atoms with E-state index in [-0.39, 0.29) is 5.24 Å². The second-order valence-corrected chi connectivity index (χ2v) is 3.13. The first-order valence-corrected chi connectivity index (χ1v) is 4.14. The number of amides is 1. The molecule has 0 spiro atoms. The summed E-state index contributed by atoms with van der Waals surface area (Å²) in [5.41, 5.74) is 0. The third kappa shape index (κ3) is 3.17. The van der Waals surface area contributed by atoms with Gasteiger partial charge in [0.15, 0.2) is 0 Å². The highest BCUT2D eigenvalue weighted by atomic mass is 33.1. The maximum Gasteiger partial charge on any atom is 0.292 e. The summed E-state index contributed by atoms with van der Waals surface area (Å²) >= 11 is 0. The Bertz CT molecular complexity index is 85.4. The molecule has 0 aliphatic heterocycles. The molecule has 0 fully saturated rings. The molecule has 0 radical (unpaired) electrons. The van der Waals surface area contributed by atoms with Crippen molar-refractivity contribution < 1.29 is 4.79 Å². The van der Waals surface area contributed by atoms with Crippen LogP contribution in [-0.2, 0) is 0 Å². The Kier molecular flexibility index (Phi) is 4.12. The van der Waals surface area contributed by atoms with Crippen molar-refractivity contribution in [1.82, 2.24) is 4.90 Å². The van der Waals surface area contributed by atoms with Crippen molar-refractivity contribution in [1.29, 1.82) is 0 Å². The fourth-order valence-corrected chi connectivity index (χ4v) is 1.04. The molecular weight excluding hydrogens is 144 g/mol. The molecule has 48 valence electrons. The minimum absolute atomic E-state index is 0.0301. The summed E-state index contributed by atoms with van der Waals surface area (Å²) in [6.07, 6.45) is 0. The lowest BCUT2D eigenvalue weighted by Gasteiger charge is -2.05. The molecule has 0 aromatic rings. The zero-order chi connectivity index (χ0) is 6.57. The maximum absolute atomic E-state index is 10.5. The van der Waals surface area contributed by atoms with E-state index in [1.165, 1.54) is 4.90 Å². The SMILES string of the molecule is CN(C)C(=O)SSN. The van der Waals surface area contributed by atoms with Crippen LogP contribution in [0.5, 0.6) is 0 Å². The highest BCUT2D eigenvalue weighted by Gasteiger charge is 2.01. The van der Waals surface area contributed by atoms with Gasteiger partial charge in [-0.15, -0.1) is 0 Å². The van der Waals surface area contributed by atoms with Crippen LogP contribution in [0.25, 0.3) is 0 Å². The van der Waals surface area contributed by atoms with Crippen molar-refractivity contribution >= 4 is 27.0 Å². The predicted molar refractivity (Wildman–Crippen MR) is 38.5 cm³/mol. The quantitative estimate of drug-likeness (QED) is 0.448. The van der Waals surface area contributed by atoms with Crippen LogP contribution in [0, 0.1) is 0 Å². The van der Waals surface area contributed by atoms with E-state index in [4.69, 9.17) is 5.14 Å². The topological polar surface area (TPSA) is 46.3 Å². The molecule has 0 aromatic heterocycles. The first-order chi connectivity index (χ1) is 3.68. The summed E-state index contributed by atoms with van der Waals surface area (Å²) in [5, 5.41) is 4.97. The van der Waals surface area contributed by atoms with Gasteiger partial charge in [0.25, 0.3) is 5.24 Å². The van der Waals surface area contributed by atoms with Gasteiger partial charge >= 0.3 is 0 Å². The molecule has 0 heterocycles. The Labute approximate surface area is 56.5 Å². The number of nitrogens with two attached hydrogens (primary N) is 1. The van der Waals surface area contributed by atoms with Gasteiger partial charge in [-0.3, -0.25) is 9.93 Å². The van der Waals surface area contributed by atoms with Crippen LogP contribution in [0.2, 0.25) is 0 Å². The predicted octanol–water partition coefficient (Wildman–Crippen LogP) is 0.923. The fraction of sp³-hybridized carbons (Fsp3) is 0.667. The lowest BCUT2D eigenvalue weighted by molar-refractivity contribution is 0.241. The lowest BCUT2D eigenvalue weighted by atomic mass is 11.0. The van der Waals surface area contributed by atoms with Crippen molar-refractivity contribution in [2.45, 2.75) is 0 Å². The standard InChI is InChI=1S/C3H8N2OS2/c1-5(2)3(6)7-8-4/h4H2,1-2H3. The van der Waals surface area contributed by atoms with Gasteiger partial charge in [-0.25, -0.2) is 0 Å².